The normalized spacial score (nSPS) is 25.5. The topological polar surface area (TPSA) is 36.0 Å². The summed E-state index contributed by atoms with van der Waals surface area (Å²) in [4.78, 5) is 20.1. The van der Waals surface area contributed by atoms with Crippen LogP contribution in [0.25, 0.3) is 0 Å². The molecular weight excluding hydrogens is 470 g/mol. The molecule has 4 aliphatic heterocycles. The number of hydrogen-bond acceptors (Lipinski definition) is 4. The fourth-order valence-electron chi connectivity index (χ4n) is 7.64. The third-order valence-electron chi connectivity index (χ3n) is 9.46. The Labute approximate surface area is 227 Å². The summed E-state index contributed by atoms with van der Waals surface area (Å²) in [7, 11) is 5.85. The van der Waals surface area contributed by atoms with Crippen LogP contribution in [-0.2, 0) is 10.2 Å². The quantitative estimate of drug-likeness (QED) is 0.428. The number of hydrogen-bond donors (Lipinski definition) is 0. The Kier molecular flexibility index (Phi) is 6.22. The molecule has 0 aromatic heterocycles. The molecule has 7 rings (SSSR count). The molecule has 4 heterocycles. The highest BCUT2D eigenvalue weighted by molar-refractivity contribution is 6.08. The maximum atomic E-state index is 13.1. The minimum absolute atomic E-state index is 0.111. The minimum atomic E-state index is -0.628. The van der Waals surface area contributed by atoms with Crippen molar-refractivity contribution in [2.75, 3.05) is 44.1 Å². The number of nitrogens with zero attached hydrogens (tertiary/aromatic N) is 3. The molecule has 5 heteroatoms. The average Bonchev–Trinajstić information content (AvgIpc) is 3.14. The van der Waals surface area contributed by atoms with Crippen LogP contribution in [0.15, 0.2) is 72.8 Å². The number of carbonyl (C=O) groups is 1. The van der Waals surface area contributed by atoms with E-state index in [1.54, 1.807) is 12.0 Å². The molecule has 5 nitrogen and oxygen atoms in total. The van der Waals surface area contributed by atoms with Gasteiger partial charge in [0.25, 0.3) is 0 Å². The summed E-state index contributed by atoms with van der Waals surface area (Å²) < 4.78 is 6.14. The number of fused-ring (bicyclic) bond motifs is 4. The average molecular weight is 510 g/mol. The Morgan fingerprint density at radius 1 is 0.921 bits per heavy atom. The van der Waals surface area contributed by atoms with Gasteiger partial charge in [0.1, 0.15) is 5.75 Å². The van der Waals surface area contributed by atoms with Crippen LogP contribution in [0.3, 0.4) is 0 Å². The van der Waals surface area contributed by atoms with Gasteiger partial charge in [0, 0.05) is 37.7 Å². The smallest absolute Gasteiger partial charge is 0.237 e. The molecule has 3 aromatic carbocycles. The summed E-state index contributed by atoms with van der Waals surface area (Å²) >= 11 is 0. The van der Waals surface area contributed by atoms with Gasteiger partial charge in [-0.3, -0.25) is 9.69 Å². The maximum Gasteiger partial charge on any atom is 0.237 e. The molecule has 198 valence electrons. The molecule has 3 saturated heterocycles. The van der Waals surface area contributed by atoms with Crippen LogP contribution >= 0.6 is 0 Å². The molecule has 0 aliphatic carbocycles. The minimum Gasteiger partial charge on any atom is -0.494 e. The summed E-state index contributed by atoms with van der Waals surface area (Å²) in [5.74, 6) is 1.80. The second-order valence-corrected chi connectivity index (χ2v) is 11.8. The molecular formula is C33H39N3O2. The summed E-state index contributed by atoms with van der Waals surface area (Å²) in [5.41, 5.74) is 5.12. The van der Waals surface area contributed by atoms with E-state index in [-0.39, 0.29) is 11.8 Å². The molecule has 1 amide bonds. The van der Waals surface area contributed by atoms with E-state index in [0.717, 1.165) is 35.8 Å². The second-order valence-electron chi connectivity index (χ2n) is 11.8. The van der Waals surface area contributed by atoms with E-state index in [2.05, 4.69) is 89.6 Å². The van der Waals surface area contributed by atoms with Gasteiger partial charge >= 0.3 is 0 Å². The lowest BCUT2D eigenvalue weighted by molar-refractivity contribution is -0.121. The van der Waals surface area contributed by atoms with Gasteiger partial charge in [-0.25, -0.2) is 0 Å². The van der Waals surface area contributed by atoms with Crippen LogP contribution < -0.4 is 14.5 Å². The zero-order chi connectivity index (χ0) is 26.6. The summed E-state index contributed by atoms with van der Waals surface area (Å²) in [6.07, 6.45) is 2.42. The number of methoxy groups -OCH3 is 1. The van der Waals surface area contributed by atoms with Gasteiger partial charge in [-0.1, -0.05) is 60.7 Å². The summed E-state index contributed by atoms with van der Waals surface area (Å²) in [6, 6.07) is 27.0. The monoisotopic (exact) mass is 509 g/mol. The molecule has 3 aromatic rings. The van der Waals surface area contributed by atoms with E-state index in [0.29, 0.717) is 18.0 Å². The van der Waals surface area contributed by atoms with Crippen LogP contribution in [0.4, 0.5) is 11.4 Å². The largest absolute Gasteiger partial charge is 0.494 e. The molecule has 0 unspecified atom stereocenters. The van der Waals surface area contributed by atoms with Crippen molar-refractivity contribution < 1.29 is 9.53 Å². The number of amides is 1. The fraction of sp³-hybridized carbons (Fsp3) is 0.424. The second kappa shape index (κ2) is 9.46. The molecule has 0 spiro atoms. The lowest BCUT2D eigenvalue weighted by Gasteiger charge is -2.57. The van der Waals surface area contributed by atoms with Gasteiger partial charge in [-0.2, -0.15) is 0 Å². The van der Waals surface area contributed by atoms with Gasteiger partial charge < -0.3 is 14.5 Å². The van der Waals surface area contributed by atoms with E-state index < -0.39 is 5.41 Å². The number of carbonyl (C=O) groups excluding carboxylic acids is 1. The molecule has 0 radical (unpaired) electrons. The first-order chi connectivity index (χ1) is 18.3. The van der Waals surface area contributed by atoms with E-state index in [1.807, 2.05) is 20.9 Å². The lowest BCUT2D eigenvalue weighted by Crippen LogP contribution is -2.65. The molecule has 4 aliphatic rings. The number of likely N-dealkylation sites (N-methyl/N-ethyl adjacent to an activating group) is 2. The molecule has 2 bridgehead atoms. The van der Waals surface area contributed by atoms with Crippen LogP contribution in [-0.4, -0.2) is 57.2 Å². The van der Waals surface area contributed by atoms with Gasteiger partial charge in [-0.05, 0) is 69.0 Å². The predicted octanol–water partition coefficient (Wildman–Crippen LogP) is 5.68. The van der Waals surface area contributed by atoms with Crippen molar-refractivity contribution in [3.8, 4) is 5.75 Å². The zero-order valence-corrected chi connectivity index (χ0v) is 23.2. The zero-order valence-electron chi connectivity index (χ0n) is 23.2. The highest BCUT2D eigenvalue weighted by Crippen LogP contribution is 2.52. The van der Waals surface area contributed by atoms with Crippen molar-refractivity contribution in [2.45, 2.75) is 50.1 Å². The highest BCUT2D eigenvalue weighted by atomic mass is 16.5. The number of benzene rings is 3. The predicted molar refractivity (Wildman–Crippen MR) is 154 cm³/mol. The molecule has 0 N–H and O–H groups in total. The fourth-order valence-corrected chi connectivity index (χ4v) is 7.64. The van der Waals surface area contributed by atoms with E-state index in [4.69, 9.17) is 4.74 Å². The molecule has 38 heavy (non-hydrogen) atoms. The van der Waals surface area contributed by atoms with Crippen LogP contribution in [0.5, 0.6) is 5.75 Å². The first-order valence-electron chi connectivity index (χ1n) is 13.9. The third-order valence-corrected chi connectivity index (χ3v) is 9.46. The van der Waals surface area contributed by atoms with Gasteiger partial charge in [0.15, 0.2) is 0 Å². The van der Waals surface area contributed by atoms with Crippen molar-refractivity contribution in [2.24, 2.45) is 5.92 Å². The number of anilines is 2. The Balaban J connectivity index is 1.48. The standard InChI is InChI=1S/C33H39N3O2/c1-33(2)28-25(35(4)32(33)37)16-17-26(31(28)38-5)34(3)29-24-18-20-36(21-19-24)30(29)27(22-12-8-6-9-13-22)23-14-10-7-11-15-23/h6-17,24,27,29-30H,18-21H2,1-5H3/t29-,30-/m0/s1. The van der Waals surface area contributed by atoms with Crippen LogP contribution in [0.1, 0.15) is 49.3 Å². The first-order valence-corrected chi connectivity index (χ1v) is 13.9. The first kappa shape index (κ1) is 25.0. The van der Waals surface area contributed by atoms with Crippen LogP contribution in [0, 0.1) is 5.92 Å². The van der Waals surface area contributed by atoms with Crippen LogP contribution in [0.2, 0.25) is 0 Å². The summed E-state index contributed by atoms with van der Waals surface area (Å²) in [6.45, 7) is 6.32. The van der Waals surface area contributed by atoms with Crippen molar-refractivity contribution in [1.29, 1.82) is 0 Å². The van der Waals surface area contributed by atoms with E-state index >= 15 is 0 Å². The molecule has 0 saturated carbocycles. The van der Waals surface area contributed by atoms with Gasteiger partial charge in [0.2, 0.25) is 5.91 Å². The Morgan fingerprint density at radius 3 is 2.05 bits per heavy atom. The van der Waals surface area contributed by atoms with Crippen molar-refractivity contribution in [3.05, 3.63) is 89.5 Å². The van der Waals surface area contributed by atoms with Crippen molar-refractivity contribution in [1.82, 2.24) is 4.90 Å². The maximum absolute atomic E-state index is 13.1. The highest BCUT2D eigenvalue weighted by Gasteiger charge is 2.50. The van der Waals surface area contributed by atoms with Gasteiger partial charge in [0.05, 0.1) is 23.9 Å². The van der Waals surface area contributed by atoms with Gasteiger partial charge in [-0.15, -0.1) is 0 Å². The summed E-state index contributed by atoms with van der Waals surface area (Å²) in [5, 5.41) is 0. The van der Waals surface area contributed by atoms with Crippen molar-refractivity contribution >= 4 is 17.3 Å². The Morgan fingerprint density at radius 2 is 1.50 bits per heavy atom. The van der Waals surface area contributed by atoms with E-state index in [9.17, 15) is 4.79 Å². The molecule has 3 fully saturated rings. The number of rotatable bonds is 6. The molecule has 2 atom stereocenters. The third kappa shape index (κ3) is 3.74. The lowest BCUT2D eigenvalue weighted by atomic mass is 9.70. The Bertz CT molecular complexity index is 1280. The number of ether oxygens (including phenoxy) is 1. The Hall–Kier alpha value is -3.31. The van der Waals surface area contributed by atoms with Crippen molar-refractivity contribution in [3.63, 3.8) is 0 Å². The van der Waals surface area contributed by atoms with E-state index in [1.165, 1.54) is 24.0 Å². The number of piperidine rings is 3. The SMILES string of the molecule is COc1c(N(C)[C@H]2C3CCN(CC3)[C@H]2C(c2ccccc2)c2ccccc2)ccc2c1C(C)(C)C(=O)N2C.